The Morgan fingerprint density at radius 1 is 1.32 bits per heavy atom. The predicted octanol–water partition coefficient (Wildman–Crippen LogP) is 4.26. The second-order valence-corrected chi connectivity index (χ2v) is 8.14. The van der Waals surface area contributed by atoms with Crippen LogP contribution in [0.15, 0.2) is 40.7 Å². The van der Waals surface area contributed by atoms with Gasteiger partial charge in [0.25, 0.3) is 0 Å². The number of nitrogens with zero attached hydrogens (tertiary/aromatic N) is 3. The zero-order valence-electron chi connectivity index (χ0n) is 17.0. The standard InChI is InChI=1S/C21H31N5S.HI/c1-4-22-21(23-12-10-18-15-27-20(24-18)16(2)3)25-17-11-13-26(14-17)19-8-6-5-7-9-19;/h5-9,15-17H,4,10-14H2,1-3H3,(H2,22,23,25);1H. The van der Waals surface area contributed by atoms with Gasteiger partial charge in [0.05, 0.1) is 10.7 Å². The maximum absolute atomic E-state index is 4.76. The number of hydrogen-bond acceptors (Lipinski definition) is 4. The molecular weight excluding hydrogens is 481 g/mol. The number of anilines is 1. The molecule has 1 unspecified atom stereocenters. The lowest BCUT2D eigenvalue weighted by molar-refractivity contribution is 0.649. The third kappa shape index (κ3) is 6.62. The van der Waals surface area contributed by atoms with Crippen molar-refractivity contribution >= 4 is 47.0 Å². The zero-order chi connectivity index (χ0) is 19.1. The molecule has 0 spiro atoms. The molecule has 1 aliphatic rings. The lowest BCUT2D eigenvalue weighted by atomic mass is 10.2. The molecule has 1 aliphatic heterocycles. The van der Waals surface area contributed by atoms with Gasteiger partial charge in [0, 0.05) is 55.6 Å². The van der Waals surface area contributed by atoms with Gasteiger partial charge in [-0.1, -0.05) is 32.0 Å². The van der Waals surface area contributed by atoms with E-state index in [0.717, 1.165) is 50.7 Å². The van der Waals surface area contributed by atoms with Crippen molar-refractivity contribution < 1.29 is 0 Å². The van der Waals surface area contributed by atoms with E-state index in [9.17, 15) is 0 Å². The fourth-order valence-electron chi connectivity index (χ4n) is 3.25. The number of benzene rings is 1. The maximum atomic E-state index is 4.76. The highest BCUT2D eigenvalue weighted by Gasteiger charge is 2.23. The molecule has 1 saturated heterocycles. The van der Waals surface area contributed by atoms with Gasteiger partial charge in [0.15, 0.2) is 5.96 Å². The van der Waals surface area contributed by atoms with E-state index in [2.05, 4.69) is 72.0 Å². The number of halogens is 1. The molecule has 0 saturated carbocycles. The molecule has 3 rings (SSSR count). The topological polar surface area (TPSA) is 52.6 Å². The van der Waals surface area contributed by atoms with E-state index < -0.39 is 0 Å². The average molecular weight is 513 g/mol. The fraction of sp³-hybridized carbons (Fsp3) is 0.524. The number of aromatic nitrogens is 1. The molecule has 1 fully saturated rings. The van der Waals surface area contributed by atoms with E-state index >= 15 is 0 Å². The van der Waals surface area contributed by atoms with Gasteiger partial charge in [0.1, 0.15) is 0 Å². The van der Waals surface area contributed by atoms with Crippen LogP contribution in [0.25, 0.3) is 0 Å². The molecular formula is C21H32IN5S. The molecule has 154 valence electrons. The van der Waals surface area contributed by atoms with Crippen LogP contribution in [0, 0.1) is 0 Å². The van der Waals surface area contributed by atoms with E-state index in [-0.39, 0.29) is 24.0 Å². The summed E-state index contributed by atoms with van der Waals surface area (Å²) in [6.45, 7) is 10.2. The summed E-state index contributed by atoms with van der Waals surface area (Å²) in [6.07, 6.45) is 2.02. The number of nitrogens with one attached hydrogen (secondary N) is 2. The molecule has 2 aromatic rings. The Morgan fingerprint density at radius 3 is 2.79 bits per heavy atom. The quantitative estimate of drug-likeness (QED) is 0.330. The first kappa shape index (κ1) is 22.9. The highest BCUT2D eigenvalue weighted by molar-refractivity contribution is 14.0. The molecule has 1 aromatic carbocycles. The minimum Gasteiger partial charge on any atom is -0.369 e. The predicted molar refractivity (Wildman–Crippen MR) is 131 cm³/mol. The first-order valence-corrected chi connectivity index (χ1v) is 10.8. The van der Waals surface area contributed by atoms with Gasteiger partial charge in [-0.3, -0.25) is 4.99 Å². The van der Waals surface area contributed by atoms with Crippen molar-refractivity contribution in [2.75, 3.05) is 31.1 Å². The number of guanidine groups is 1. The normalized spacial score (nSPS) is 16.9. The van der Waals surface area contributed by atoms with Crippen molar-refractivity contribution in [3.05, 3.63) is 46.4 Å². The van der Waals surface area contributed by atoms with E-state index in [1.807, 2.05) is 0 Å². The van der Waals surface area contributed by atoms with Gasteiger partial charge in [0.2, 0.25) is 0 Å². The molecule has 0 amide bonds. The third-order valence-electron chi connectivity index (χ3n) is 4.70. The van der Waals surface area contributed by atoms with Gasteiger partial charge in [-0.05, 0) is 25.5 Å². The largest absolute Gasteiger partial charge is 0.369 e. The molecule has 7 heteroatoms. The maximum Gasteiger partial charge on any atom is 0.191 e. The van der Waals surface area contributed by atoms with Crippen molar-refractivity contribution in [3.63, 3.8) is 0 Å². The highest BCUT2D eigenvalue weighted by Crippen LogP contribution is 2.20. The molecule has 1 aromatic heterocycles. The number of hydrogen-bond donors (Lipinski definition) is 2. The lowest BCUT2D eigenvalue weighted by Gasteiger charge is -2.20. The lowest BCUT2D eigenvalue weighted by Crippen LogP contribution is -2.44. The van der Waals surface area contributed by atoms with Crippen molar-refractivity contribution in [1.82, 2.24) is 15.6 Å². The smallest absolute Gasteiger partial charge is 0.191 e. The summed E-state index contributed by atoms with van der Waals surface area (Å²) < 4.78 is 0. The summed E-state index contributed by atoms with van der Waals surface area (Å²) in [7, 11) is 0. The van der Waals surface area contributed by atoms with Crippen LogP contribution in [-0.4, -0.2) is 43.2 Å². The molecule has 0 bridgehead atoms. The molecule has 0 radical (unpaired) electrons. The number of rotatable bonds is 7. The van der Waals surface area contributed by atoms with Crippen LogP contribution >= 0.6 is 35.3 Å². The Bertz CT molecular complexity index is 731. The van der Waals surface area contributed by atoms with Crippen LogP contribution in [0.5, 0.6) is 0 Å². The monoisotopic (exact) mass is 513 g/mol. The molecule has 2 heterocycles. The Balaban J connectivity index is 0.00000280. The second kappa shape index (κ2) is 11.6. The molecule has 28 heavy (non-hydrogen) atoms. The number of para-hydroxylation sites is 1. The van der Waals surface area contributed by atoms with Gasteiger partial charge >= 0.3 is 0 Å². The first-order chi connectivity index (χ1) is 13.2. The SMILES string of the molecule is CCNC(=NCCc1csc(C(C)C)n1)NC1CCN(c2ccccc2)C1.I. The average Bonchev–Trinajstić information content (AvgIpc) is 3.32. The van der Waals surface area contributed by atoms with Crippen molar-refractivity contribution in [2.24, 2.45) is 4.99 Å². The summed E-state index contributed by atoms with van der Waals surface area (Å²) in [5.41, 5.74) is 2.45. The zero-order valence-corrected chi connectivity index (χ0v) is 20.2. The molecule has 2 N–H and O–H groups in total. The van der Waals surface area contributed by atoms with Crippen LogP contribution in [-0.2, 0) is 6.42 Å². The minimum atomic E-state index is 0. The summed E-state index contributed by atoms with van der Waals surface area (Å²) in [5, 5.41) is 10.4. The van der Waals surface area contributed by atoms with E-state index in [4.69, 9.17) is 9.98 Å². The van der Waals surface area contributed by atoms with Crippen LogP contribution in [0.2, 0.25) is 0 Å². The van der Waals surface area contributed by atoms with Crippen LogP contribution in [0.3, 0.4) is 0 Å². The van der Waals surface area contributed by atoms with Gasteiger partial charge in [-0.2, -0.15) is 0 Å². The van der Waals surface area contributed by atoms with Crippen molar-refractivity contribution in [1.29, 1.82) is 0 Å². The van der Waals surface area contributed by atoms with Gasteiger partial charge < -0.3 is 15.5 Å². The van der Waals surface area contributed by atoms with Crippen molar-refractivity contribution in [3.8, 4) is 0 Å². The molecule has 0 aliphatic carbocycles. The van der Waals surface area contributed by atoms with E-state index in [1.54, 1.807) is 11.3 Å². The number of aliphatic imine (C=N–C) groups is 1. The minimum absolute atomic E-state index is 0. The summed E-state index contributed by atoms with van der Waals surface area (Å²) in [5.74, 6) is 1.41. The number of thiazole rings is 1. The summed E-state index contributed by atoms with van der Waals surface area (Å²) in [6, 6.07) is 11.1. The Labute approximate surface area is 190 Å². The molecule has 5 nitrogen and oxygen atoms in total. The Kier molecular flexibility index (Phi) is 9.50. The highest BCUT2D eigenvalue weighted by atomic mass is 127. The van der Waals surface area contributed by atoms with Crippen LogP contribution in [0.4, 0.5) is 5.69 Å². The Hall–Kier alpha value is -1.35. The second-order valence-electron chi connectivity index (χ2n) is 7.25. The molecule has 1 atom stereocenters. The van der Waals surface area contributed by atoms with Crippen LogP contribution in [0.1, 0.15) is 43.8 Å². The summed E-state index contributed by atoms with van der Waals surface area (Å²) >= 11 is 1.75. The fourth-order valence-corrected chi connectivity index (χ4v) is 4.12. The first-order valence-electron chi connectivity index (χ1n) is 9.95. The van der Waals surface area contributed by atoms with Crippen molar-refractivity contribution in [2.45, 2.75) is 45.6 Å². The summed E-state index contributed by atoms with van der Waals surface area (Å²) in [4.78, 5) is 11.9. The van der Waals surface area contributed by atoms with E-state index in [1.165, 1.54) is 10.7 Å². The van der Waals surface area contributed by atoms with E-state index in [0.29, 0.717) is 12.0 Å². The third-order valence-corrected chi connectivity index (χ3v) is 5.89. The Morgan fingerprint density at radius 2 is 2.11 bits per heavy atom. The van der Waals surface area contributed by atoms with Gasteiger partial charge in [-0.25, -0.2) is 4.98 Å². The van der Waals surface area contributed by atoms with Gasteiger partial charge in [-0.15, -0.1) is 35.3 Å². The van der Waals surface area contributed by atoms with Crippen LogP contribution < -0.4 is 15.5 Å².